The third-order valence-corrected chi connectivity index (χ3v) is 9.85. The van der Waals surface area contributed by atoms with Crippen LogP contribution in [-0.2, 0) is 25.7 Å². The fourth-order valence-corrected chi connectivity index (χ4v) is 8.23. The van der Waals surface area contributed by atoms with Gasteiger partial charge in [-0.25, -0.2) is 0 Å². The van der Waals surface area contributed by atoms with Crippen LogP contribution in [-0.4, -0.2) is 26.2 Å². The zero-order valence-corrected chi connectivity index (χ0v) is 24.0. The van der Waals surface area contributed by atoms with E-state index < -0.39 is 0 Å². The first-order valence-corrected chi connectivity index (χ1v) is 15.6. The number of anilines is 2. The molecule has 0 unspecified atom stereocenters. The van der Waals surface area contributed by atoms with E-state index in [1.54, 1.807) is 0 Å². The lowest BCUT2D eigenvalue weighted by atomic mass is 9.88. The molecule has 0 aromatic heterocycles. The van der Waals surface area contributed by atoms with E-state index in [9.17, 15) is 10.5 Å². The molecular formula is C38H34N4. The van der Waals surface area contributed by atoms with Gasteiger partial charge in [0.1, 0.15) is 17.7 Å². The summed E-state index contributed by atoms with van der Waals surface area (Å²) in [6.07, 6.45) is 13.7. The van der Waals surface area contributed by atoms with Gasteiger partial charge in [-0.1, -0.05) is 24.3 Å². The van der Waals surface area contributed by atoms with Crippen LogP contribution in [0.4, 0.5) is 11.4 Å². The van der Waals surface area contributed by atoms with Crippen molar-refractivity contribution in [2.24, 2.45) is 0 Å². The Kier molecular flexibility index (Phi) is 6.04. The van der Waals surface area contributed by atoms with Crippen molar-refractivity contribution >= 4 is 34.7 Å². The maximum Gasteiger partial charge on any atom is 0.138 e. The maximum absolute atomic E-state index is 10.2. The number of aryl methyl sites for hydroxylation is 4. The lowest BCUT2D eigenvalue weighted by molar-refractivity contribution is 0.634. The Hall–Kier alpha value is -4.54. The molecule has 0 amide bonds. The van der Waals surface area contributed by atoms with Gasteiger partial charge >= 0.3 is 0 Å². The van der Waals surface area contributed by atoms with Crippen LogP contribution in [0.15, 0.2) is 59.7 Å². The number of nitrogens with zero attached hydrogens (tertiary/aromatic N) is 4. The number of rotatable bonds is 2. The molecule has 206 valence electrons. The molecule has 5 aliphatic rings. The highest BCUT2D eigenvalue weighted by Gasteiger charge is 2.31. The summed E-state index contributed by atoms with van der Waals surface area (Å²) in [6, 6.07) is 22.3. The van der Waals surface area contributed by atoms with Crippen LogP contribution in [0.25, 0.3) is 23.3 Å². The first-order chi connectivity index (χ1) is 20.7. The third kappa shape index (κ3) is 4.01. The van der Waals surface area contributed by atoms with Crippen LogP contribution in [0.5, 0.6) is 0 Å². The highest BCUT2D eigenvalue weighted by molar-refractivity contribution is 6.17. The molecule has 4 aliphatic heterocycles. The maximum atomic E-state index is 10.2. The second-order valence-electron chi connectivity index (χ2n) is 12.4. The topological polar surface area (TPSA) is 54.1 Å². The second kappa shape index (κ2) is 10.1. The largest absolute Gasteiger partial charge is 0.371 e. The molecule has 0 saturated heterocycles. The molecule has 4 nitrogen and oxygen atoms in total. The van der Waals surface area contributed by atoms with E-state index in [1.165, 1.54) is 70.4 Å². The monoisotopic (exact) mass is 546 g/mol. The van der Waals surface area contributed by atoms with Gasteiger partial charge in [0.2, 0.25) is 0 Å². The molecule has 3 aromatic carbocycles. The van der Waals surface area contributed by atoms with Gasteiger partial charge in [-0.3, -0.25) is 0 Å². The smallest absolute Gasteiger partial charge is 0.138 e. The van der Waals surface area contributed by atoms with Crippen LogP contribution >= 0.6 is 0 Å². The number of benzene rings is 3. The SMILES string of the molecule is N#CC(C#N)=C1/C(=C/c2cc3c4c(c2)CCCN4CCC3)c2ccccc2/C1=C\c1cc2c3c(c1)CCCN3CCC2. The average molecular weight is 547 g/mol. The molecule has 4 heterocycles. The van der Waals surface area contributed by atoms with Crippen molar-refractivity contribution in [2.45, 2.75) is 51.4 Å². The van der Waals surface area contributed by atoms with Crippen molar-refractivity contribution in [1.29, 1.82) is 10.5 Å². The molecular weight excluding hydrogens is 512 g/mol. The van der Waals surface area contributed by atoms with Crippen LogP contribution in [0, 0.1) is 22.7 Å². The summed E-state index contributed by atoms with van der Waals surface area (Å²) in [5, 5.41) is 20.4. The normalized spacial score (nSPS) is 20.1. The highest BCUT2D eigenvalue weighted by Crippen LogP contribution is 2.49. The fourth-order valence-electron chi connectivity index (χ4n) is 8.23. The van der Waals surface area contributed by atoms with Gasteiger partial charge in [-0.15, -0.1) is 0 Å². The Balaban J connectivity index is 1.31. The quantitative estimate of drug-likeness (QED) is 0.312. The Morgan fingerprint density at radius 2 is 0.976 bits per heavy atom. The van der Waals surface area contributed by atoms with Gasteiger partial charge in [0, 0.05) is 43.1 Å². The first kappa shape index (κ1) is 25.2. The second-order valence-corrected chi connectivity index (χ2v) is 12.4. The van der Waals surface area contributed by atoms with Crippen LogP contribution < -0.4 is 9.80 Å². The summed E-state index contributed by atoms with van der Waals surface area (Å²) in [5.74, 6) is 0. The summed E-state index contributed by atoms with van der Waals surface area (Å²) >= 11 is 0. The van der Waals surface area contributed by atoms with Crippen molar-refractivity contribution < 1.29 is 0 Å². The number of hydrogen-bond donors (Lipinski definition) is 0. The summed E-state index contributed by atoms with van der Waals surface area (Å²) in [4.78, 5) is 5.14. The molecule has 0 bridgehead atoms. The molecule has 0 radical (unpaired) electrons. The predicted molar refractivity (Wildman–Crippen MR) is 171 cm³/mol. The lowest BCUT2D eigenvalue weighted by Crippen LogP contribution is -2.34. The van der Waals surface area contributed by atoms with Crippen molar-refractivity contribution in [3.63, 3.8) is 0 Å². The van der Waals surface area contributed by atoms with E-state index >= 15 is 0 Å². The molecule has 4 heteroatoms. The van der Waals surface area contributed by atoms with Gasteiger partial charge in [-0.05, 0) is 143 Å². The molecule has 1 aliphatic carbocycles. The first-order valence-electron chi connectivity index (χ1n) is 15.6. The lowest BCUT2D eigenvalue weighted by Gasteiger charge is -2.37. The van der Waals surface area contributed by atoms with Gasteiger partial charge in [0.25, 0.3) is 0 Å². The summed E-state index contributed by atoms with van der Waals surface area (Å²) in [6.45, 7) is 4.63. The molecule has 0 saturated carbocycles. The Labute approximate surface area is 248 Å². The summed E-state index contributed by atoms with van der Waals surface area (Å²) in [7, 11) is 0. The van der Waals surface area contributed by atoms with Crippen LogP contribution in [0.3, 0.4) is 0 Å². The molecule has 0 N–H and O–H groups in total. The fraction of sp³-hybridized carbons (Fsp3) is 0.316. The minimum absolute atomic E-state index is 0.180. The van der Waals surface area contributed by atoms with E-state index in [4.69, 9.17) is 0 Å². The average Bonchev–Trinajstić information content (AvgIpc) is 3.31. The zero-order chi connectivity index (χ0) is 28.2. The number of nitriles is 2. The van der Waals surface area contributed by atoms with Gasteiger partial charge in [0.05, 0.1) is 0 Å². The third-order valence-electron chi connectivity index (χ3n) is 9.85. The van der Waals surface area contributed by atoms with Gasteiger partial charge < -0.3 is 9.80 Å². The van der Waals surface area contributed by atoms with E-state index in [0.29, 0.717) is 0 Å². The van der Waals surface area contributed by atoms with E-state index in [0.717, 1.165) is 79.7 Å². The van der Waals surface area contributed by atoms with E-state index in [2.05, 4.69) is 82.6 Å². The van der Waals surface area contributed by atoms with Crippen molar-refractivity contribution in [2.75, 3.05) is 36.0 Å². The summed E-state index contributed by atoms with van der Waals surface area (Å²) in [5.41, 5.74) is 16.1. The van der Waals surface area contributed by atoms with Gasteiger partial charge in [-0.2, -0.15) is 10.5 Å². The molecule has 8 rings (SSSR count). The van der Waals surface area contributed by atoms with Crippen LogP contribution in [0.2, 0.25) is 0 Å². The number of hydrogen-bond acceptors (Lipinski definition) is 4. The summed E-state index contributed by atoms with van der Waals surface area (Å²) < 4.78 is 0. The van der Waals surface area contributed by atoms with E-state index in [-0.39, 0.29) is 5.57 Å². The van der Waals surface area contributed by atoms with Crippen molar-refractivity contribution in [1.82, 2.24) is 0 Å². The Bertz CT molecular complexity index is 1630. The number of fused-ring (bicyclic) bond motifs is 1. The minimum Gasteiger partial charge on any atom is -0.371 e. The zero-order valence-electron chi connectivity index (χ0n) is 24.0. The standard InChI is InChI=1S/C38H34N4/c39-23-31(24-40)36-34(21-25-17-27-7-3-13-41-14-4-8-28(18-25)37(27)41)32-11-1-2-12-33(32)35(36)22-26-19-29-9-5-15-42-16-6-10-30(20-26)38(29)42/h1-2,11-12,17-22H,3-10,13-16H2/b34-21+,35-22+. The Morgan fingerprint density at radius 1 is 0.595 bits per heavy atom. The van der Waals surface area contributed by atoms with Crippen molar-refractivity contribution in [3.05, 3.63) is 104 Å². The molecule has 3 aromatic rings. The minimum atomic E-state index is 0.180. The number of allylic oxidation sites excluding steroid dienone is 4. The predicted octanol–water partition coefficient (Wildman–Crippen LogP) is 7.52. The highest BCUT2D eigenvalue weighted by atomic mass is 15.1. The molecule has 0 fully saturated rings. The van der Waals surface area contributed by atoms with E-state index in [1.807, 2.05) is 0 Å². The molecule has 0 spiro atoms. The van der Waals surface area contributed by atoms with Gasteiger partial charge in [0.15, 0.2) is 0 Å². The Morgan fingerprint density at radius 3 is 1.33 bits per heavy atom. The van der Waals surface area contributed by atoms with Crippen LogP contribution in [0.1, 0.15) is 70.2 Å². The molecule has 42 heavy (non-hydrogen) atoms. The van der Waals surface area contributed by atoms with Crippen molar-refractivity contribution in [3.8, 4) is 12.1 Å². The molecule has 0 atom stereocenters.